The van der Waals surface area contributed by atoms with Gasteiger partial charge in [-0.15, -0.1) is 11.8 Å². The lowest BCUT2D eigenvalue weighted by Crippen LogP contribution is -2.34. The fourth-order valence-corrected chi connectivity index (χ4v) is 2.88. The average molecular weight is 350 g/mol. The number of carbonyl (C=O) groups is 1. The zero-order valence-electron chi connectivity index (χ0n) is 13.0. The zero-order valence-corrected chi connectivity index (χ0v) is 14.6. The Morgan fingerprint density at radius 1 is 1.17 bits per heavy atom. The van der Waals surface area contributed by atoms with Crippen molar-refractivity contribution in [2.75, 3.05) is 13.2 Å². The minimum absolute atomic E-state index is 0.0330. The van der Waals surface area contributed by atoms with Gasteiger partial charge in [0.1, 0.15) is 12.4 Å². The van der Waals surface area contributed by atoms with Crippen LogP contribution < -0.4 is 10.1 Å². The largest absolute Gasteiger partial charge is 0.492 e. The molecule has 1 unspecified atom stereocenters. The molecule has 5 heteroatoms. The summed E-state index contributed by atoms with van der Waals surface area (Å²) in [5, 5.41) is 3.47. The molecule has 2 aromatic carbocycles. The Bertz CT molecular complexity index is 604. The fourth-order valence-electron chi connectivity index (χ4n) is 1.89. The molecule has 0 fully saturated rings. The molecule has 0 aliphatic heterocycles. The highest BCUT2D eigenvalue weighted by Crippen LogP contribution is 2.17. The van der Waals surface area contributed by atoms with E-state index in [1.54, 1.807) is 23.9 Å². The van der Waals surface area contributed by atoms with Crippen LogP contribution in [0.15, 0.2) is 54.6 Å². The smallest absolute Gasteiger partial charge is 0.232 e. The molecule has 2 rings (SSSR count). The Hall–Kier alpha value is -1.65. The van der Waals surface area contributed by atoms with Crippen molar-refractivity contribution in [2.45, 2.75) is 17.9 Å². The minimum atomic E-state index is -0.0919. The van der Waals surface area contributed by atoms with E-state index in [9.17, 15) is 4.79 Å². The van der Waals surface area contributed by atoms with Gasteiger partial charge < -0.3 is 10.1 Å². The maximum atomic E-state index is 12.0. The molecule has 0 bridgehead atoms. The van der Waals surface area contributed by atoms with E-state index in [1.807, 2.05) is 37.3 Å². The maximum absolute atomic E-state index is 12.0. The third kappa shape index (κ3) is 6.55. The number of thioether (sulfide) groups is 1. The first-order valence-corrected chi connectivity index (χ1v) is 8.89. The van der Waals surface area contributed by atoms with Crippen LogP contribution in [0.25, 0.3) is 0 Å². The van der Waals surface area contributed by atoms with E-state index in [2.05, 4.69) is 17.4 Å². The standard InChI is InChI=1S/C18H20ClNO2S/c1-14(23-13-15-5-3-2-4-6-15)18(21)20-11-12-22-17-9-7-16(19)8-10-17/h2-10,14H,11-13H2,1H3,(H,20,21). The molecular weight excluding hydrogens is 330 g/mol. The molecule has 0 radical (unpaired) electrons. The highest BCUT2D eigenvalue weighted by atomic mass is 35.5. The topological polar surface area (TPSA) is 38.3 Å². The normalized spacial score (nSPS) is 11.7. The van der Waals surface area contributed by atoms with Gasteiger partial charge in [0.25, 0.3) is 0 Å². The molecule has 1 atom stereocenters. The van der Waals surface area contributed by atoms with Crippen LogP contribution >= 0.6 is 23.4 Å². The third-order valence-electron chi connectivity index (χ3n) is 3.20. The number of benzene rings is 2. The minimum Gasteiger partial charge on any atom is -0.492 e. The van der Waals surface area contributed by atoms with Crippen molar-refractivity contribution >= 4 is 29.3 Å². The Kier molecular flexibility index (Phi) is 7.30. The predicted octanol–water partition coefficient (Wildman–Crippen LogP) is 4.16. The Labute approximate surface area is 146 Å². The SMILES string of the molecule is CC(SCc1ccccc1)C(=O)NCCOc1ccc(Cl)cc1. The van der Waals surface area contributed by atoms with Crippen LogP contribution in [0, 0.1) is 0 Å². The maximum Gasteiger partial charge on any atom is 0.232 e. The van der Waals surface area contributed by atoms with Gasteiger partial charge in [-0.1, -0.05) is 41.9 Å². The van der Waals surface area contributed by atoms with Gasteiger partial charge in [-0.05, 0) is 36.8 Å². The van der Waals surface area contributed by atoms with Crippen LogP contribution in [-0.2, 0) is 10.5 Å². The molecule has 0 aromatic heterocycles. The molecule has 2 aromatic rings. The number of hydrogen-bond donors (Lipinski definition) is 1. The molecule has 0 spiro atoms. The lowest BCUT2D eigenvalue weighted by Gasteiger charge is -2.12. The molecule has 3 nitrogen and oxygen atoms in total. The predicted molar refractivity (Wildman–Crippen MR) is 97.2 cm³/mol. The Morgan fingerprint density at radius 2 is 1.87 bits per heavy atom. The van der Waals surface area contributed by atoms with E-state index < -0.39 is 0 Å². The summed E-state index contributed by atoms with van der Waals surface area (Å²) in [6, 6.07) is 17.3. The van der Waals surface area contributed by atoms with Gasteiger partial charge in [-0.2, -0.15) is 0 Å². The fraction of sp³-hybridized carbons (Fsp3) is 0.278. The molecule has 122 valence electrons. The van der Waals surface area contributed by atoms with Gasteiger partial charge in [-0.25, -0.2) is 0 Å². The number of rotatable bonds is 8. The summed E-state index contributed by atoms with van der Waals surface area (Å²) < 4.78 is 5.54. The van der Waals surface area contributed by atoms with Gasteiger partial charge in [0.15, 0.2) is 0 Å². The summed E-state index contributed by atoms with van der Waals surface area (Å²) in [7, 11) is 0. The second kappa shape index (κ2) is 9.48. The van der Waals surface area contributed by atoms with Crippen LogP contribution in [0.4, 0.5) is 0 Å². The first kappa shape index (κ1) is 17.7. The molecular formula is C18H20ClNO2S. The summed E-state index contributed by atoms with van der Waals surface area (Å²) in [6.07, 6.45) is 0. The summed E-state index contributed by atoms with van der Waals surface area (Å²) >= 11 is 7.43. The number of halogens is 1. The molecule has 23 heavy (non-hydrogen) atoms. The molecule has 1 amide bonds. The highest BCUT2D eigenvalue weighted by Gasteiger charge is 2.12. The molecule has 0 saturated carbocycles. The van der Waals surface area contributed by atoms with Gasteiger partial charge in [0, 0.05) is 10.8 Å². The monoisotopic (exact) mass is 349 g/mol. The third-order valence-corrected chi connectivity index (χ3v) is 4.66. The molecule has 0 aliphatic carbocycles. The van der Waals surface area contributed by atoms with Crippen LogP contribution in [-0.4, -0.2) is 24.3 Å². The van der Waals surface area contributed by atoms with Crippen molar-refractivity contribution in [3.8, 4) is 5.75 Å². The summed E-state index contributed by atoms with van der Waals surface area (Å²) in [4.78, 5) is 12.0. The van der Waals surface area contributed by atoms with E-state index in [-0.39, 0.29) is 11.2 Å². The van der Waals surface area contributed by atoms with Crippen LogP contribution in [0.1, 0.15) is 12.5 Å². The summed E-state index contributed by atoms with van der Waals surface area (Å²) in [5.41, 5.74) is 1.23. The van der Waals surface area contributed by atoms with E-state index in [4.69, 9.17) is 16.3 Å². The Morgan fingerprint density at radius 3 is 2.57 bits per heavy atom. The lowest BCUT2D eigenvalue weighted by atomic mass is 10.2. The van der Waals surface area contributed by atoms with Crippen molar-refractivity contribution < 1.29 is 9.53 Å². The molecule has 0 saturated heterocycles. The van der Waals surface area contributed by atoms with Gasteiger partial charge in [0.2, 0.25) is 5.91 Å². The van der Waals surface area contributed by atoms with Crippen molar-refractivity contribution in [3.05, 3.63) is 65.2 Å². The number of carbonyl (C=O) groups excluding carboxylic acids is 1. The van der Waals surface area contributed by atoms with E-state index in [1.165, 1.54) is 5.56 Å². The highest BCUT2D eigenvalue weighted by molar-refractivity contribution is 7.99. The second-order valence-electron chi connectivity index (χ2n) is 5.03. The van der Waals surface area contributed by atoms with Crippen molar-refractivity contribution in [1.29, 1.82) is 0 Å². The van der Waals surface area contributed by atoms with Crippen LogP contribution in [0.5, 0.6) is 5.75 Å². The summed E-state index contributed by atoms with van der Waals surface area (Å²) in [6.45, 7) is 2.84. The van der Waals surface area contributed by atoms with Crippen LogP contribution in [0.3, 0.4) is 0 Å². The van der Waals surface area contributed by atoms with E-state index in [0.29, 0.717) is 18.2 Å². The van der Waals surface area contributed by atoms with Gasteiger partial charge in [0.05, 0.1) is 11.8 Å². The summed E-state index contributed by atoms with van der Waals surface area (Å²) in [5.74, 6) is 1.61. The van der Waals surface area contributed by atoms with Gasteiger partial charge in [-0.3, -0.25) is 4.79 Å². The molecule has 1 N–H and O–H groups in total. The average Bonchev–Trinajstić information content (AvgIpc) is 2.59. The van der Waals surface area contributed by atoms with E-state index >= 15 is 0 Å². The van der Waals surface area contributed by atoms with Crippen LogP contribution in [0.2, 0.25) is 5.02 Å². The van der Waals surface area contributed by atoms with E-state index in [0.717, 1.165) is 11.5 Å². The molecule has 0 aliphatic rings. The zero-order chi connectivity index (χ0) is 16.5. The number of ether oxygens (including phenoxy) is 1. The van der Waals surface area contributed by atoms with Crippen molar-refractivity contribution in [1.82, 2.24) is 5.32 Å². The first-order valence-electron chi connectivity index (χ1n) is 7.47. The number of nitrogens with one attached hydrogen (secondary N) is 1. The Balaban J connectivity index is 1.63. The quantitative estimate of drug-likeness (QED) is 0.727. The van der Waals surface area contributed by atoms with Gasteiger partial charge >= 0.3 is 0 Å². The lowest BCUT2D eigenvalue weighted by molar-refractivity contribution is -0.120. The first-order chi connectivity index (χ1) is 11.1. The molecule has 0 heterocycles. The number of hydrogen-bond acceptors (Lipinski definition) is 3. The second-order valence-corrected chi connectivity index (χ2v) is 6.80. The van der Waals surface area contributed by atoms with Crippen molar-refractivity contribution in [2.24, 2.45) is 0 Å². The van der Waals surface area contributed by atoms with Crippen molar-refractivity contribution in [3.63, 3.8) is 0 Å². The number of amides is 1.